The number of aromatic nitrogens is 2. The zero-order chi connectivity index (χ0) is 22.2. The monoisotopic (exact) mass is 428 g/mol. The molecule has 2 aliphatic rings. The van der Waals surface area contributed by atoms with Crippen LogP contribution in [-0.4, -0.2) is 40.3 Å². The van der Waals surface area contributed by atoms with E-state index in [2.05, 4.69) is 16.1 Å². The third kappa shape index (κ3) is 3.68. The van der Waals surface area contributed by atoms with Gasteiger partial charge in [0, 0.05) is 37.0 Å². The van der Waals surface area contributed by atoms with Gasteiger partial charge in [0.25, 0.3) is 0 Å². The number of morpholine rings is 1. The van der Waals surface area contributed by atoms with Gasteiger partial charge < -0.3 is 9.47 Å². The fourth-order valence-electron chi connectivity index (χ4n) is 4.56. The van der Waals surface area contributed by atoms with Crippen LogP contribution in [0.3, 0.4) is 0 Å². The first-order valence-electron chi connectivity index (χ1n) is 10.7. The summed E-state index contributed by atoms with van der Waals surface area (Å²) in [5.74, 6) is -0.240. The van der Waals surface area contributed by atoms with E-state index in [0.29, 0.717) is 24.3 Å². The fraction of sp³-hybridized carbons (Fsp3) is 0.320. The van der Waals surface area contributed by atoms with Crippen molar-refractivity contribution in [3.63, 3.8) is 0 Å². The number of rotatable bonds is 4. The molecule has 3 heterocycles. The lowest BCUT2D eigenvalue weighted by Gasteiger charge is -2.33. The summed E-state index contributed by atoms with van der Waals surface area (Å²) in [5.41, 5.74) is 7.62. The van der Waals surface area contributed by atoms with Crippen LogP contribution < -0.4 is 0 Å². The van der Waals surface area contributed by atoms with Crippen LogP contribution in [0.4, 0.5) is 0 Å². The minimum absolute atomic E-state index is 0.0411. The molecule has 1 unspecified atom stereocenters. The number of hydrogen-bond acceptors (Lipinski definition) is 6. The van der Waals surface area contributed by atoms with Crippen molar-refractivity contribution in [1.29, 1.82) is 5.26 Å². The predicted molar refractivity (Wildman–Crippen MR) is 117 cm³/mol. The Morgan fingerprint density at radius 3 is 2.94 bits per heavy atom. The molecule has 5 rings (SSSR count). The molecular formula is C25H24N4O3. The van der Waals surface area contributed by atoms with Gasteiger partial charge in [0.2, 0.25) is 0 Å². The average molecular weight is 428 g/mol. The topological polar surface area (TPSA) is 80.4 Å². The highest BCUT2D eigenvalue weighted by Gasteiger charge is 2.29. The second-order valence-corrected chi connectivity index (χ2v) is 8.38. The van der Waals surface area contributed by atoms with Crippen molar-refractivity contribution in [2.45, 2.75) is 33.1 Å². The second kappa shape index (κ2) is 8.23. The number of hydrogen-bond donors (Lipinski definition) is 0. The molecule has 32 heavy (non-hydrogen) atoms. The van der Waals surface area contributed by atoms with Crippen LogP contribution in [0, 0.1) is 25.2 Å². The van der Waals surface area contributed by atoms with Crippen LogP contribution >= 0.6 is 0 Å². The molecule has 1 atom stereocenters. The molecule has 1 fully saturated rings. The second-order valence-electron chi connectivity index (χ2n) is 8.38. The zero-order valence-corrected chi connectivity index (χ0v) is 18.2. The summed E-state index contributed by atoms with van der Waals surface area (Å²) < 4.78 is 13.2. The molecule has 2 aromatic carbocycles. The number of ether oxygens (including phenoxy) is 2. The Morgan fingerprint density at radius 2 is 2.12 bits per heavy atom. The summed E-state index contributed by atoms with van der Waals surface area (Å²) >= 11 is 0. The highest BCUT2D eigenvalue weighted by molar-refractivity contribution is 5.93. The van der Waals surface area contributed by atoms with Gasteiger partial charge in [-0.25, -0.2) is 9.48 Å². The molecule has 7 heteroatoms. The van der Waals surface area contributed by atoms with Gasteiger partial charge in [-0.1, -0.05) is 6.07 Å². The van der Waals surface area contributed by atoms with E-state index in [9.17, 15) is 4.79 Å². The van der Waals surface area contributed by atoms with E-state index in [1.807, 2.05) is 61.3 Å². The molecule has 162 valence electrons. The van der Waals surface area contributed by atoms with E-state index >= 15 is 0 Å². The van der Waals surface area contributed by atoms with Gasteiger partial charge in [-0.3, -0.25) is 4.90 Å². The molecule has 0 saturated carbocycles. The molecule has 0 radical (unpaired) electrons. The van der Waals surface area contributed by atoms with Gasteiger partial charge in [-0.15, -0.1) is 0 Å². The van der Waals surface area contributed by atoms with Crippen LogP contribution in [-0.2, 0) is 22.6 Å². The number of nitrogens with zero attached hydrogens (tertiary/aromatic N) is 4. The van der Waals surface area contributed by atoms with E-state index in [-0.39, 0.29) is 12.1 Å². The van der Waals surface area contributed by atoms with E-state index in [4.69, 9.17) is 14.7 Å². The zero-order valence-electron chi connectivity index (χ0n) is 18.2. The molecule has 0 aliphatic carbocycles. The van der Waals surface area contributed by atoms with Crippen molar-refractivity contribution in [2.24, 2.45) is 0 Å². The molecular weight excluding hydrogens is 404 g/mol. The first-order valence-corrected chi connectivity index (χ1v) is 10.7. The smallest absolute Gasteiger partial charge is 0.338 e. The Bertz CT molecular complexity index is 1240. The van der Waals surface area contributed by atoms with E-state index < -0.39 is 0 Å². The van der Waals surface area contributed by atoms with Gasteiger partial charge in [-0.2, -0.15) is 10.4 Å². The lowest BCUT2D eigenvalue weighted by molar-refractivity contribution is -0.0332. The van der Waals surface area contributed by atoms with Gasteiger partial charge in [0.15, 0.2) is 0 Å². The number of fused-ring (bicyclic) bond motifs is 1. The third-order valence-electron chi connectivity index (χ3n) is 6.32. The number of cyclic esters (lactones) is 1. The maximum Gasteiger partial charge on any atom is 0.338 e. The highest BCUT2D eigenvalue weighted by Crippen LogP contribution is 2.32. The van der Waals surface area contributed by atoms with Crippen molar-refractivity contribution in [3.8, 4) is 11.8 Å². The standard InChI is InChI=1S/C25H24N4O3/c1-16-9-18(10-26)3-6-23(16)29-13-19(11-27-29)12-28-7-8-31-24(14-28)20-4-5-21-22(17(20)2)15-32-25(21)30/h3-6,9,11,13,24H,7-8,12,14-15H2,1-2H3. The van der Waals surface area contributed by atoms with Crippen molar-refractivity contribution >= 4 is 5.97 Å². The fourth-order valence-corrected chi connectivity index (χ4v) is 4.56. The minimum Gasteiger partial charge on any atom is -0.457 e. The molecule has 7 nitrogen and oxygen atoms in total. The number of aryl methyl sites for hydroxylation is 1. The van der Waals surface area contributed by atoms with Crippen molar-refractivity contribution < 1.29 is 14.3 Å². The molecule has 0 N–H and O–H groups in total. The molecule has 2 aliphatic heterocycles. The maximum atomic E-state index is 11.8. The number of nitriles is 1. The van der Waals surface area contributed by atoms with Gasteiger partial charge >= 0.3 is 5.97 Å². The molecule has 0 spiro atoms. The summed E-state index contributed by atoms with van der Waals surface area (Å²) in [7, 11) is 0. The van der Waals surface area contributed by atoms with Gasteiger partial charge in [0.1, 0.15) is 6.61 Å². The first kappa shape index (κ1) is 20.4. The molecule has 3 aromatic rings. The summed E-state index contributed by atoms with van der Waals surface area (Å²) in [6.45, 7) is 7.43. The average Bonchev–Trinajstić information content (AvgIpc) is 3.41. The van der Waals surface area contributed by atoms with Crippen LogP contribution in [0.5, 0.6) is 0 Å². The Morgan fingerprint density at radius 1 is 1.25 bits per heavy atom. The maximum absolute atomic E-state index is 11.8. The SMILES string of the molecule is Cc1cc(C#N)ccc1-n1cc(CN2CCOC(c3ccc4c(c3C)COC4=O)C2)cn1. The van der Waals surface area contributed by atoms with Gasteiger partial charge in [0.05, 0.1) is 41.8 Å². The quantitative estimate of drug-likeness (QED) is 0.591. The van der Waals surface area contributed by atoms with Crippen LogP contribution in [0.25, 0.3) is 5.69 Å². The molecule has 0 bridgehead atoms. The molecule has 1 aromatic heterocycles. The largest absolute Gasteiger partial charge is 0.457 e. The van der Waals surface area contributed by atoms with E-state index in [1.165, 1.54) is 0 Å². The Kier molecular flexibility index (Phi) is 5.25. The number of benzene rings is 2. The lowest BCUT2D eigenvalue weighted by Crippen LogP contribution is -2.38. The normalized spacial score (nSPS) is 18.3. The summed E-state index contributed by atoms with van der Waals surface area (Å²) in [6.07, 6.45) is 3.90. The van der Waals surface area contributed by atoms with Crippen molar-refractivity contribution in [2.75, 3.05) is 19.7 Å². The Hall–Kier alpha value is -3.47. The lowest BCUT2D eigenvalue weighted by atomic mass is 9.94. The Balaban J connectivity index is 1.31. The number of carbonyl (C=O) groups is 1. The number of carbonyl (C=O) groups excluding carboxylic acids is 1. The highest BCUT2D eigenvalue weighted by atomic mass is 16.5. The van der Waals surface area contributed by atoms with E-state index in [0.717, 1.165) is 53.1 Å². The van der Waals surface area contributed by atoms with E-state index in [1.54, 1.807) is 0 Å². The van der Waals surface area contributed by atoms with Crippen LogP contribution in [0.1, 0.15) is 49.8 Å². The summed E-state index contributed by atoms with van der Waals surface area (Å²) in [4.78, 5) is 14.2. The summed E-state index contributed by atoms with van der Waals surface area (Å²) in [5, 5.41) is 13.6. The van der Waals surface area contributed by atoms with Gasteiger partial charge in [-0.05, 0) is 54.8 Å². The van der Waals surface area contributed by atoms with Crippen LogP contribution in [0.15, 0.2) is 42.7 Å². The van der Waals surface area contributed by atoms with Crippen molar-refractivity contribution in [3.05, 3.63) is 81.7 Å². The minimum atomic E-state index is -0.240. The van der Waals surface area contributed by atoms with Crippen LogP contribution in [0.2, 0.25) is 0 Å². The Labute approximate surface area is 186 Å². The first-order chi connectivity index (χ1) is 15.5. The molecule has 0 amide bonds. The number of esters is 1. The third-order valence-corrected chi connectivity index (χ3v) is 6.32. The molecule has 1 saturated heterocycles. The predicted octanol–water partition coefficient (Wildman–Crippen LogP) is 3.60. The summed E-state index contributed by atoms with van der Waals surface area (Å²) in [6, 6.07) is 11.7. The van der Waals surface area contributed by atoms with Crippen molar-refractivity contribution in [1.82, 2.24) is 14.7 Å².